The molecule has 2 aliphatic heterocycles. The summed E-state index contributed by atoms with van der Waals surface area (Å²) >= 11 is 1.70. The molecule has 0 radical (unpaired) electrons. The summed E-state index contributed by atoms with van der Waals surface area (Å²) in [7, 11) is 1.61. The summed E-state index contributed by atoms with van der Waals surface area (Å²) in [6, 6.07) is -0.378. The van der Waals surface area contributed by atoms with Crippen molar-refractivity contribution in [3.8, 4) is 0 Å². The van der Waals surface area contributed by atoms with E-state index < -0.39 is 0 Å². The van der Waals surface area contributed by atoms with E-state index in [1.54, 1.807) is 18.9 Å². The number of amidine groups is 1. The van der Waals surface area contributed by atoms with E-state index in [0.717, 1.165) is 37.0 Å². The van der Waals surface area contributed by atoms with Crippen molar-refractivity contribution < 1.29 is 14.3 Å². The summed E-state index contributed by atoms with van der Waals surface area (Å²) in [6.45, 7) is 4.45. The Labute approximate surface area is 124 Å². The Bertz CT molecular complexity index is 370. The van der Waals surface area contributed by atoms with E-state index in [2.05, 4.69) is 15.6 Å². The molecule has 0 aromatic heterocycles. The molecular formula is C13H23N3O3S. The van der Waals surface area contributed by atoms with Gasteiger partial charge in [0.05, 0.1) is 12.1 Å². The van der Waals surface area contributed by atoms with Gasteiger partial charge < -0.3 is 20.1 Å². The lowest BCUT2D eigenvalue weighted by Crippen LogP contribution is -2.48. The third-order valence-corrected chi connectivity index (χ3v) is 4.78. The average Bonchev–Trinajstić information content (AvgIpc) is 2.82. The summed E-state index contributed by atoms with van der Waals surface area (Å²) in [5.74, 6) is 0.942. The van der Waals surface area contributed by atoms with Crippen LogP contribution in [0.25, 0.3) is 0 Å². The van der Waals surface area contributed by atoms with E-state index in [9.17, 15) is 4.79 Å². The monoisotopic (exact) mass is 301 g/mol. The van der Waals surface area contributed by atoms with Crippen molar-refractivity contribution in [1.82, 2.24) is 10.6 Å². The molecule has 1 unspecified atom stereocenters. The zero-order chi connectivity index (χ0) is 14.4. The first-order chi connectivity index (χ1) is 9.65. The Kier molecular flexibility index (Phi) is 5.68. The average molecular weight is 301 g/mol. The number of nitrogens with one attached hydrogen (secondary N) is 2. The molecule has 1 atom stereocenters. The first-order valence-corrected chi connectivity index (χ1v) is 7.97. The van der Waals surface area contributed by atoms with E-state index in [1.807, 2.05) is 6.92 Å². The zero-order valence-electron chi connectivity index (χ0n) is 12.1. The fourth-order valence-electron chi connectivity index (χ4n) is 2.27. The van der Waals surface area contributed by atoms with Crippen LogP contribution in [0, 0.1) is 0 Å². The van der Waals surface area contributed by atoms with Gasteiger partial charge in [0.1, 0.15) is 6.04 Å². The summed E-state index contributed by atoms with van der Waals surface area (Å²) in [5, 5.41) is 7.16. The molecule has 20 heavy (non-hydrogen) atoms. The van der Waals surface area contributed by atoms with Crippen LogP contribution >= 0.6 is 11.8 Å². The van der Waals surface area contributed by atoms with Crippen molar-refractivity contribution in [3.05, 3.63) is 0 Å². The minimum absolute atomic E-state index is 0.0649. The predicted octanol–water partition coefficient (Wildman–Crippen LogP) is 0.379. The van der Waals surface area contributed by atoms with Gasteiger partial charge in [0.25, 0.3) is 0 Å². The number of carbonyl (C=O) groups excluding carboxylic acids is 1. The molecule has 2 aliphatic rings. The Morgan fingerprint density at radius 1 is 1.60 bits per heavy atom. The standard InChI is InChI=1S/C13H23N3O3S/c1-10(11(17)14-5-8-18-2)15-12-16-13(9-20-12)3-6-19-7-4-13/h10H,3-9H2,1-2H3,(H,14,17)(H,15,16). The van der Waals surface area contributed by atoms with Gasteiger partial charge in [-0.25, -0.2) is 4.99 Å². The predicted molar refractivity (Wildman–Crippen MR) is 80.2 cm³/mol. The molecule has 114 valence electrons. The minimum atomic E-state index is -0.378. The molecule has 0 aliphatic carbocycles. The fraction of sp³-hybridized carbons (Fsp3) is 0.846. The van der Waals surface area contributed by atoms with Gasteiger partial charge in [-0.3, -0.25) is 4.79 Å². The first-order valence-electron chi connectivity index (χ1n) is 6.98. The number of carbonyl (C=O) groups is 1. The van der Waals surface area contributed by atoms with Crippen molar-refractivity contribution in [2.45, 2.75) is 31.3 Å². The van der Waals surface area contributed by atoms with Gasteiger partial charge in [-0.2, -0.15) is 0 Å². The maximum atomic E-state index is 11.8. The summed E-state index contributed by atoms with van der Waals surface area (Å²) in [5.41, 5.74) is 0.119. The number of nitrogens with zero attached hydrogens (tertiary/aromatic N) is 1. The quantitative estimate of drug-likeness (QED) is 0.718. The number of amides is 1. The lowest BCUT2D eigenvalue weighted by atomic mass is 9.93. The topological polar surface area (TPSA) is 72.0 Å². The normalized spacial score (nSPS) is 24.6. The Hall–Kier alpha value is -0.790. The molecule has 0 aromatic carbocycles. The lowest BCUT2D eigenvalue weighted by molar-refractivity contribution is -0.122. The number of aliphatic imine (C=N–C) groups is 1. The largest absolute Gasteiger partial charge is 0.383 e. The first kappa shape index (κ1) is 15.6. The molecule has 6 nitrogen and oxygen atoms in total. The van der Waals surface area contributed by atoms with Crippen molar-refractivity contribution in [1.29, 1.82) is 0 Å². The van der Waals surface area contributed by atoms with Crippen molar-refractivity contribution in [2.24, 2.45) is 4.99 Å². The highest BCUT2D eigenvalue weighted by Crippen LogP contribution is 2.31. The number of methoxy groups -OCH3 is 1. The van der Waals surface area contributed by atoms with Crippen LogP contribution < -0.4 is 10.6 Å². The van der Waals surface area contributed by atoms with Crippen LogP contribution in [0.2, 0.25) is 0 Å². The molecule has 0 bridgehead atoms. The second-order valence-electron chi connectivity index (χ2n) is 5.20. The summed E-state index contributed by atoms with van der Waals surface area (Å²) in [6.07, 6.45) is 2.01. The maximum absolute atomic E-state index is 11.8. The van der Waals surface area contributed by atoms with E-state index >= 15 is 0 Å². The van der Waals surface area contributed by atoms with Crippen LogP contribution in [-0.4, -0.2) is 61.9 Å². The second kappa shape index (κ2) is 7.28. The van der Waals surface area contributed by atoms with E-state index in [-0.39, 0.29) is 17.5 Å². The van der Waals surface area contributed by atoms with Crippen LogP contribution in [0.5, 0.6) is 0 Å². The molecule has 0 aromatic rings. The Morgan fingerprint density at radius 2 is 2.35 bits per heavy atom. The molecule has 0 saturated carbocycles. The van der Waals surface area contributed by atoms with Crippen molar-refractivity contribution in [3.63, 3.8) is 0 Å². The van der Waals surface area contributed by atoms with E-state index in [0.29, 0.717) is 13.2 Å². The molecule has 2 N–H and O–H groups in total. The molecule has 2 heterocycles. The molecule has 2 rings (SSSR count). The highest BCUT2D eigenvalue weighted by atomic mass is 32.2. The maximum Gasteiger partial charge on any atom is 0.244 e. The second-order valence-corrected chi connectivity index (χ2v) is 6.16. The minimum Gasteiger partial charge on any atom is -0.383 e. The molecule has 1 spiro atoms. The van der Waals surface area contributed by atoms with Crippen LogP contribution in [0.1, 0.15) is 19.8 Å². The van der Waals surface area contributed by atoms with Crippen LogP contribution in [0.4, 0.5) is 0 Å². The number of hydrogen-bond donors (Lipinski definition) is 2. The number of hydrogen-bond acceptors (Lipinski definition) is 5. The lowest BCUT2D eigenvalue weighted by Gasteiger charge is -2.32. The van der Waals surface area contributed by atoms with Gasteiger partial charge in [0, 0.05) is 32.6 Å². The van der Waals surface area contributed by atoms with Crippen LogP contribution in [-0.2, 0) is 14.3 Å². The van der Waals surface area contributed by atoms with E-state index in [4.69, 9.17) is 9.47 Å². The van der Waals surface area contributed by atoms with Crippen LogP contribution in [0.15, 0.2) is 4.99 Å². The third-order valence-electron chi connectivity index (χ3n) is 3.60. The van der Waals surface area contributed by atoms with Crippen molar-refractivity contribution in [2.75, 3.05) is 39.2 Å². The zero-order valence-corrected chi connectivity index (χ0v) is 12.9. The van der Waals surface area contributed by atoms with Gasteiger partial charge >= 0.3 is 0 Å². The van der Waals surface area contributed by atoms with Crippen molar-refractivity contribution >= 4 is 22.8 Å². The SMILES string of the molecule is COCCNC(=O)C(C)N=C1NC2(CCOCC2)CS1. The van der Waals surface area contributed by atoms with Gasteiger partial charge in [-0.05, 0) is 19.8 Å². The highest BCUT2D eigenvalue weighted by Gasteiger charge is 2.38. The van der Waals surface area contributed by atoms with Gasteiger partial charge in [-0.1, -0.05) is 11.8 Å². The smallest absolute Gasteiger partial charge is 0.244 e. The third kappa shape index (κ3) is 4.10. The van der Waals surface area contributed by atoms with Gasteiger partial charge in [0.15, 0.2) is 5.17 Å². The molecule has 1 amide bonds. The summed E-state index contributed by atoms with van der Waals surface area (Å²) in [4.78, 5) is 16.3. The summed E-state index contributed by atoms with van der Waals surface area (Å²) < 4.78 is 10.3. The molecule has 2 fully saturated rings. The molecule has 7 heteroatoms. The highest BCUT2D eigenvalue weighted by molar-refractivity contribution is 8.14. The molecule has 2 saturated heterocycles. The van der Waals surface area contributed by atoms with E-state index in [1.165, 1.54) is 0 Å². The number of thioether (sulfide) groups is 1. The van der Waals surface area contributed by atoms with Crippen LogP contribution in [0.3, 0.4) is 0 Å². The Morgan fingerprint density at radius 3 is 3.05 bits per heavy atom. The number of rotatable bonds is 5. The fourth-order valence-corrected chi connectivity index (χ4v) is 3.56. The number of ether oxygens (including phenoxy) is 2. The van der Waals surface area contributed by atoms with Gasteiger partial charge in [0.2, 0.25) is 5.91 Å². The Balaban J connectivity index is 1.83. The molecular weight excluding hydrogens is 278 g/mol. The van der Waals surface area contributed by atoms with Gasteiger partial charge in [-0.15, -0.1) is 0 Å².